The first-order valence-electron chi connectivity index (χ1n) is 6.85. The number of urea groups is 1. The van der Waals surface area contributed by atoms with Crippen LogP contribution in [0.1, 0.15) is 30.4 Å². The Labute approximate surface area is 118 Å². The van der Waals surface area contributed by atoms with Crippen LogP contribution in [-0.4, -0.2) is 23.1 Å². The van der Waals surface area contributed by atoms with Crippen molar-refractivity contribution in [3.63, 3.8) is 0 Å². The highest BCUT2D eigenvalue weighted by Crippen LogP contribution is 2.26. The van der Waals surface area contributed by atoms with Gasteiger partial charge in [0.2, 0.25) is 0 Å². The molecule has 0 radical (unpaired) electrons. The maximum Gasteiger partial charge on any atom is 0.319 e. The molecule has 2 amide bonds. The molecule has 5 nitrogen and oxygen atoms in total. The van der Waals surface area contributed by atoms with Crippen LogP contribution in [0.2, 0.25) is 0 Å². The standard InChI is InChI=1S/C15H20N2O3/c1-9-5-3-6-10(2)13(9)17-15(20)16-12-8-4-7-11(12)14(18)19/h3,5-6,11-12H,4,7-8H2,1-2H3,(H,18,19)(H2,16,17,20). The Balaban J connectivity index is 2.01. The summed E-state index contributed by atoms with van der Waals surface area (Å²) in [5.74, 6) is -1.31. The third-order valence-corrected chi connectivity index (χ3v) is 3.87. The summed E-state index contributed by atoms with van der Waals surface area (Å²) in [5, 5.41) is 14.7. The molecule has 1 aromatic rings. The van der Waals surface area contributed by atoms with E-state index in [1.807, 2.05) is 32.0 Å². The largest absolute Gasteiger partial charge is 0.481 e. The van der Waals surface area contributed by atoms with Gasteiger partial charge in [0.05, 0.1) is 5.92 Å². The minimum absolute atomic E-state index is 0.281. The lowest BCUT2D eigenvalue weighted by atomic mass is 10.0. The average Bonchev–Trinajstić information content (AvgIpc) is 2.82. The molecule has 2 atom stereocenters. The van der Waals surface area contributed by atoms with Crippen LogP contribution >= 0.6 is 0 Å². The van der Waals surface area contributed by atoms with Crippen LogP contribution in [0.3, 0.4) is 0 Å². The molecule has 1 aliphatic rings. The average molecular weight is 276 g/mol. The van der Waals surface area contributed by atoms with Gasteiger partial charge in [0.1, 0.15) is 0 Å². The van der Waals surface area contributed by atoms with Crippen molar-refractivity contribution >= 4 is 17.7 Å². The molecule has 2 rings (SSSR count). The summed E-state index contributed by atoms with van der Waals surface area (Å²) in [4.78, 5) is 23.1. The number of carbonyl (C=O) groups excluding carboxylic acids is 1. The van der Waals surface area contributed by atoms with Crippen LogP contribution in [0, 0.1) is 19.8 Å². The summed E-state index contributed by atoms with van der Waals surface area (Å²) < 4.78 is 0. The van der Waals surface area contributed by atoms with E-state index in [-0.39, 0.29) is 12.1 Å². The van der Waals surface area contributed by atoms with Gasteiger partial charge in [-0.25, -0.2) is 4.79 Å². The zero-order valence-electron chi connectivity index (χ0n) is 11.8. The second-order valence-electron chi connectivity index (χ2n) is 5.35. The first-order chi connectivity index (χ1) is 9.49. The van der Waals surface area contributed by atoms with Crippen molar-refractivity contribution in [1.29, 1.82) is 0 Å². The van der Waals surface area contributed by atoms with Gasteiger partial charge in [-0.05, 0) is 37.8 Å². The molecule has 2 unspecified atom stereocenters. The quantitative estimate of drug-likeness (QED) is 0.794. The van der Waals surface area contributed by atoms with E-state index in [9.17, 15) is 9.59 Å². The molecule has 20 heavy (non-hydrogen) atoms. The molecular weight excluding hydrogens is 256 g/mol. The number of carbonyl (C=O) groups is 2. The molecule has 3 N–H and O–H groups in total. The Kier molecular flexibility index (Phi) is 4.27. The monoisotopic (exact) mass is 276 g/mol. The summed E-state index contributed by atoms with van der Waals surface area (Å²) in [6.45, 7) is 3.86. The zero-order valence-corrected chi connectivity index (χ0v) is 11.8. The van der Waals surface area contributed by atoms with Gasteiger partial charge in [0.15, 0.2) is 0 Å². The number of hydrogen-bond donors (Lipinski definition) is 3. The van der Waals surface area contributed by atoms with Crippen molar-refractivity contribution < 1.29 is 14.7 Å². The first-order valence-corrected chi connectivity index (χ1v) is 6.85. The van der Waals surface area contributed by atoms with E-state index in [0.29, 0.717) is 6.42 Å². The molecule has 0 aromatic heterocycles. The molecule has 1 aliphatic carbocycles. The molecule has 0 spiro atoms. The van der Waals surface area contributed by atoms with Gasteiger partial charge >= 0.3 is 12.0 Å². The SMILES string of the molecule is Cc1cccc(C)c1NC(=O)NC1CCCC1C(=O)O. The van der Waals surface area contributed by atoms with Gasteiger partial charge in [0.25, 0.3) is 0 Å². The fraction of sp³-hybridized carbons (Fsp3) is 0.467. The smallest absolute Gasteiger partial charge is 0.319 e. The number of para-hydroxylation sites is 1. The van der Waals surface area contributed by atoms with Crippen molar-refractivity contribution in [3.05, 3.63) is 29.3 Å². The lowest BCUT2D eigenvalue weighted by Gasteiger charge is -2.19. The number of rotatable bonds is 3. The second kappa shape index (κ2) is 5.94. The molecule has 1 fully saturated rings. The predicted molar refractivity (Wildman–Crippen MR) is 76.8 cm³/mol. The van der Waals surface area contributed by atoms with Gasteiger partial charge in [-0.15, -0.1) is 0 Å². The number of amides is 2. The number of nitrogens with one attached hydrogen (secondary N) is 2. The van der Waals surface area contributed by atoms with Crippen molar-refractivity contribution in [3.8, 4) is 0 Å². The Bertz CT molecular complexity index is 508. The van der Waals surface area contributed by atoms with Crippen LogP contribution in [-0.2, 0) is 4.79 Å². The van der Waals surface area contributed by atoms with E-state index < -0.39 is 11.9 Å². The molecule has 0 heterocycles. The van der Waals surface area contributed by atoms with E-state index in [1.165, 1.54) is 0 Å². The van der Waals surface area contributed by atoms with Crippen molar-refractivity contribution in [1.82, 2.24) is 5.32 Å². The molecule has 0 bridgehead atoms. The van der Waals surface area contributed by atoms with Crippen LogP contribution in [0.5, 0.6) is 0 Å². The van der Waals surface area contributed by atoms with E-state index in [1.54, 1.807) is 0 Å². The zero-order chi connectivity index (χ0) is 14.7. The summed E-state index contributed by atoms with van der Waals surface area (Å²) in [6, 6.07) is 5.18. The highest BCUT2D eigenvalue weighted by molar-refractivity contribution is 5.91. The number of anilines is 1. The van der Waals surface area contributed by atoms with Crippen LogP contribution in [0.15, 0.2) is 18.2 Å². The molecular formula is C15H20N2O3. The number of hydrogen-bond acceptors (Lipinski definition) is 2. The number of aryl methyl sites for hydroxylation is 2. The van der Waals surface area contributed by atoms with Gasteiger partial charge in [-0.2, -0.15) is 0 Å². The summed E-state index contributed by atoms with van der Waals surface area (Å²) >= 11 is 0. The fourth-order valence-corrected chi connectivity index (χ4v) is 2.76. The molecule has 0 aliphatic heterocycles. The van der Waals surface area contributed by atoms with Crippen molar-refractivity contribution in [2.45, 2.75) is 39.2 Å². The third-order valence-electron chi connectivity index (χ3n) is 3.87. The van der Waals surface area contributed by atoms with Crippen molar-refractivity contribution in [2.75, 3.05) is 5.32 Å². The highest BCUT2D eigenvalue weighted by atomic mass is 16.4. The third kappa shape index (κ3) is 3.10. The summed E-state index contributed by atoms with van der Waals surface area (Å²) in [6.07, 6.45) is 2.19. The minimum Gasteiger partial charge on any atom is -0.481 e. The fourth-order valence-electron chi connectivity index (χ4n) is 2.76. The molecule has 0 saturated heterocycles. The number of aliphatic carboxylic acids is 1. The van der Waals surface area contributed by atoms with Gasteiger partial charge in [0, 0.05) is 11.7 Å². The van der Waals surface area contributed by atoms with E-state index in [0.717, 1.165) is 29.7 Å². The Morgan fingerprint density at radius 3 is 2.45 bits per heavy atom. The Morgan fingerprint density at radius 1 is 1.20 bits per heavy atom. The summed E-state index contributed by atoms with van der Waals surface area (Å²) in [7, 11) is 0. The highest BCUT2D eigenvalue weighted by Gasteiger charge is 2.33. The van der Waals surface area contributed by atoms with Crippen LogP contribution in [0.4, 0.5) is 10.5 Å². The predicted octanol–water partition coefficient (Wildman–Crippen LogP) is 2.68. The molecule has 1 saturated carbocycles. The summed E-state index contributed by atoms with van der Waals surface area (Å²) in [5.41, 5.74) is 2.76. The molecule has 1 aromatic carbocycles. The topological polar surface area (TPSA) is 78.4 Å². The molecule has 108 valence electrons. The maximum atomic E-state index is 12.0. The van der Waals surface area contributed by atoms with E-state index in [4.69, 9.17) is 5.11 Å². The lowest BCUT2D eigenvalue weighted by molar-refractivity contribution is -0.142. The maximum absolute atomic E-state index is 12.0. The number of carboxylic acids is 1. The van der Waals surface area contributed by atoms with Crippen LogP contribution < -0.4 is 10.6 Å². The van der Waals surface area contributed by atoms with Gasteiger partial charge < -0.3 is 15.7 Å². The van der Waals surface area contributed by atoms with Gasteiger partial charge in [-0.3, -0.25) is 4.79 Å². The lowest BCUT2D eigenvalue weighted by Crippen LogP contribution is -2.42. The second-order valence-corrected chi connectivity index (χ2v) is 5.35. The Morgan fingerprint density at radius 2 is 1.85 bits per heavy atom. The van der Waals surface area contributed by atoms with Crippen LogP contribution in [0.25, 0.3) is 0 Å². The normalized spacial score (nSPS) is 21.5. The van der Waals surface area contributed by atoms with E-state index in [2.05, 4.69) is 10.6 Å². The van der Waals surface area contributed by atoms with Gasteiger partial charge in [-0.1, -0.05) is 24.6 Å². The van der Waals surface area contributed by atoms with E-state index >= 15 is 0 Å². The number of carboxylic acid groups (broad SMARTS) is 1. The first kappa shape index (κ1) is 14.4. The molecule has 5 heteroatoms. The Hall–Kier alpha value is -2.04. The van der Waals surface area contributed by atoms with Crippen molar-refractivity contribution in [2.24, 2.45) is 5.92 Å². The number of benzene rings is 1. The minimum atomic E-state index is -0.833.